The lowest BCUT2D eigenvalue weighted by Gasteiger charge is -2.12. The van der Waals surface area contributed by atoms with Gasteiger partial charge in [-0.15, -0.1) is 0 Å². The Morgan fingerprint density at radius 2 is 2.11 bits per heavy atom. The molecule has 0 atom stereocenters. The first-order valence-electron chi connectivity index (χ1n) is 6.17. The predicted octanol–water partition coefficient (Wildman–Crippen LogP) is 3.08. The van der Waals surface area contributed by atoms with Crippen molar-refractivity contribution in [3.63, 3.8) is 0 Å². The highest BCUT2D eigenvalue weighted by atomic mass is 16.7. The van der Waals surface area contributed by atoms with Crippen LogP contribution in [0.4, 0.5) is 0 Å². The Morgan fingerprint density at radius 3 is 2.68 bits per heavy atom. The molecule has 102 valence electrons. The first-order chi connectivity index (χ1) is 9.24. The maximum absolute atomic E-state index is 8.94. The summed E-state index contributed by atoms with van der Waals surface area (Å²) < 4.78 is 15.8. The topological polar surface area (TPSA) is 51.5 Å². The molecule has 1 aromatic rings. The van der Waals surface area contributed by atoms with E-state index in [0.29, 0.717) is 24.5 Å². The Hall–Kier alpha value is -1.99. The number of hydrogen-bond acceptors (Lipinski definition) is 4. The number of hydrogen-bond donors (Lipinski definition) is 0. The largest absolute Gasteiger partial charge is 0.490 e. The van der Waals surface area contributed by atoms with Gasteiger partial charge in [0.15, 0.2) is 18.3 Å². The molecule has 19 heavy (non-hydrogen) atoms. The molecule has 0 saturated carbocycles. The summed E-state index contributed by atoms with van der Waals surface area (Å²) in [6, 6.07) is 7.83. The number of methoxy groups -OCH3 is 1. The summed E-state index contributed by atoms with van der Waals surface area (Å²) in [4.78, 5) is 0. The first-order valence-corrected chi connectivity index (χ1v) is 6.17. The van der Waals surface area contributed by atoms with Crippen LogP contribution in [0.15, 0.2) is 29.8 Å². The molecule has 0 heterocycles. The van der Waals surface area contributed by atoms with Crippen LogP contribution in [0.25, 0.3) is 0 Å². The van der Waals surface area contributed by atoms with Crippen LogP contribution in [0.2, 0.25) is 0 Å². The monoisotopic (exact) mass is 261 g/mol. The Bertz CT molecular complexity index is 475. The van der Waals surface area contributed by atoms with Crippen LogP contribution in [0.1, 0.15) is 19.4 Å². The van der Waals surface area contributed by atoms with E-state index >= 15 is 0 Å². The van der Waals surface area contributed by atoms with Gasteiger partial charge in [0.05, 0.1) is 12.7 Å². The minimum atomic E-state index is 0.178. The maximum atomic E-state index is 8.94. The number of nitriles is 1. The Morgan fingerprint density at radius 1 is 1.32 bits per heavy atom. The standard InChI is InChI=1S/C15H19NO3/c1-4-12(10-16)8-13-6-7-14(19-11-17-3)15(9-13)18-5-2/h4,6-7,9H,5,8,11H2,1-3H3/b12-4-. The zero-order chi connectivity index (χ0) is 14.1. The fourth-order valence-electron chi connectivity index (χ4n) is 1.60. The Kier molecular flexibility index (Phi) is 6.48. The molecule has 0 aliphatic rings. The molecular formula is C15H19NO3. The van der Waals surface area contributed by atoms with Gasteiger partial charge in [0, 0.05) is 19.1 Å². The number of benzene rings is 1. The van der Waals surface area contributed by atoms with Crippen molar-refractivity contribution in [1.29, 1.82) is 5.26 Å². The van der Waals surface area contributed by atoms with E-state index in [0.717, 1.165) is 11.1 Å². The number of allylic oxidation sites excluding steroid dienone is 2. The van der Waals surface area contributed by atoms with Crippen LogP contribution in [0, 0.1) is 11.3 Å². The Labute approximate surface area is 114 Å². The van der Waals surface area contributed by atoms with Crippen LogP contribution < -0.4 is 9.47 Å². The van der Waals surface area contributed by atoms with Crippen LogP contribution >= 0.6 is 0 Å². The number of rotatable bonds is 7. The van der Waals surface area contributed by atoms with Crippen molar-refractivity contribution in [2.75, 3.05) is 20.5 Å². The molecule has 4 heteroatoms. The molecule has 0 aliphatic carbocycles. The second-order valence-corrected chi connectivity index (χ2v) is 3.87. The predicted molar refractivity (Wildman–Crippen MR) is 73.2 cm³/mol. The van der Waals surface area contributed by atoms with Gasteiger partial charge >= 0.3 is 0 Å². The van der Waals surface area contributed by atoms with Gasteiger partial charge in [-0.05, 0) is 31.5 Å². The van der Waals surface area contributed by atoms with Crippen molar-refractivity contribution in [1.82, 2.24) is 0 Å². The van der Waals surface area contributed by atoms with Crippen molar-refractivity contribution in [3.8, 4) is 17.6 Å². The minimum Gasteiger partial charge on any atom is -0.490 e. The van der Waals surface area contributed by atoms with Crippen molar-refractivity contribution in [3.05, 3.63) is 35.4 Å². The van der Waals surface area contributed by atoms with Crippen LogP contribution in [-0.2, 0) is 11.2 Å². The van der Waals surface area contributed by atoms with Gasteiger partial charge in [-0.1, -0.05) is 12.1 Å². The molecule has 1 aromatic carbocycles. The summed E-state index contributed by atoms with van der Waals surface area (Å²) in [7, 11) is 1.57. The molecular weight excluding hydrogens is 242 g/mol. The normalized spacial score (nSPS) is 10.9. The second kappa shape index (κ2) is 8.17. The van der Waals surface area contributed by atoms with E-state index in [1.165, 1.54) is 0 Å². The molecule has 1 rings (SSSR count). The van der Waals surface area contributed by atoms with E-state index in [9.17, 15) is 0 Å². The highest BCUT2D eigenvalue weighted by Crippen LogP contribution is 2.29. The first kappa shape index (κ1) is 15.1. The van der Waals surface area contributed by atoms with Gasteiger partial charge in [-0.2, -0.15) is 5.26 Å². The lowest BCUT2D eigenvalue weighted by atomic mass is 10.1. The fraction of sp³-hybridized carbons (Fsp3) is 0.400. The lowest BCUT2D eigenvalue weighted by molar-refractivity contribution is 0.0487. The third kappa shape index (κ3) is 4.65. The van der Waals surface area contributed by atoms with Gasteiger partial charge in [0.2, 0.25) is 0 Å². The van der Waals surface area contributed by atoms with E-state index in [4.69, 9.17) is 19.5 Å². The highest BCUT2D eigenvalue weighted by Gasteiger charge is 2.07. The van der Waals surface area contributed by atoms with Gasteiger partial charge in [0.25, 0.3) is 0 Å². The van der Waals surface area contributed by atoms with Crippen LogP contribution in [0.3, 0.4) is 0 Å². The molecule has 0 saturated heterocycles. The van der Waals surface area contributed by atoms with E-state index < -0.39 is 0 Å². The summed E-state index contributed by atoms with van der Waals surface area (Å²) >= 11 is 0. The summed E-state index contributed by atoms with van der Waals surface area (Å²) in [6.07, 6.45) is 2.41. The third-order valence-electron chi connectivity index (χ3n) is 2.53. The molecule has 0 spiro atoms. The molecule has 0 aliphatic heterocycles. The van der Waals surface area contributed by atoms with Gasteiger partial charge in [-0.25, -0.2) is 0 Å². The van der Waals surface area contributed by atoms with E-state index in [-0.39, 0.29) is 6.79 Å². The summed E-state index contributed by atoms with van der Waals surface area (Å²) in [5, 5.41) is 8.94. The van der Waals surface area contributed by atoms with Crippen molar-refractivity contribution >= 4 is 0 Å². The molecule has 0 unspecified atom stereocenters. The molecule has 0 fully saturated rings. The van der Waals surface area contributed by atoms with Crippen molar-refractivity contribution in [2.45, 2.75) is 20.3 Å². The molecule has 0 aromatic heterocycles. The van der Waals surface area contributed by atoms with Crippen molar-refractivity contribution < 1.29 is 14.2 Å². The second-order valence-electron chi connectivity index (χ2n) is 3.87. The third-order valence-corrected chi connectivity index (χ3v) is 2.53. The SMILES string of the molecule is C/C=C(\C#N)Cc1ccc(OCOC)c(OCC)c1. The van der Waals surface area contributed by atoms with Crippen molar-refractivity contribution in [2.24, 2.45) is 0 Å². The smallest absolute Gasteiger partial charge is 0.188 e. The average molecular weight is 261 g/mol. The molecule has 0 radical (unpaired) electrons. The minimum absolute atomic E-state index is 0.178. The fourth-order valence-corrected chi connectivity index (χ4v) is 1.60. The van der Waals surface area contributed by atoms with Gasteiger partial charge in [-0.3, -0.25) is 0 Å². The average Bonchev–Trinajstić information content (AvgIpc) is 2.44. The number of ether oxygens (including phenoxy) is 3. The lowest BCUT2D eigenvalue weighted by Crippen LogP contribution is -2.03. The van der Waals surface area contributed by atoms with Gasteiger partial charge < -0.3 is 14.2 Å². The van der Waals surface area contributed by atoms with E-state index in [1.54, 1.807) is 7.11 Å². The zero-order valence-corrected chi connectivity index (χ0v) is 11.6. The highest BCUT2D eigenvalue weighted by molar-refractivity contribution is 5.44. The van der Waals surface area contributed by atoms with Gasteiger partial charge in [0.1, 0.15) is 0 Å². The summed E-state index contributed by atoms with van der Waals surface area (Å²) in [5.41, 5.74) is 1.75. The number of nitrogens with zero attached hydrogens (tertiary/aromatic N) is 1. The molecule has 0 N–H and O–H groups in total. The summed E-state index contributed by atoms with van der Waals surface area (Å²) in [5.74, 6) is 1.32. The maximum Gasteiger partial charge on any atom is 0.188 e. The van der Waals surface area contributed by atoms with Crippen LogP contribution in [0.5, 0.6) is 11.5 Å². The van der Waals surface area contributed by atoms with E-state index in [2.05, 4.69) is 6.07 Å². The van der Waals surface area contributed by atoms with E-state index in [1.807, 2.05) is 38.1 Å². The molecule has 4 nitrogen and oxygen atoms in total. The van der Waals surface area contributed by atoms with Crippen LogP contribution in [-0.4, -0.2) is 20.5 Å². The zero-order valence-electron chi connectivity index (χ0n) is 11.6. The quantitative estimate of drug-likeness (QED) is 0.559. The Balaban J connectivity index is 2.92. The summed E-state index contributed by atoms with van der Waals surface area (Å²) in [6.45, 7) is 4.51. The molecule has 0 amide bonds. The molecule has 0 bridgehead atoms.